The van der Waals surface area contributed by atoms with Gasteiger partial charge in [0.2, 0.25) is 5.91 Å². The molecule has 1 amide bonds. The Morgan fingerprint density at radius 3 is 2.85 bits per heavy atom. The molecule has 0 bridgehead atoms. The van der Waals surface area contributed by atoms with Gasteiger partial charge in [-0.2, -0.15) is 0 Å². The maximum atomic E-state index is 12.1. The van der Waals surface area contributed by atoms with E-state index in [2.05, 4.69) is 20.3 Å². The largest absolute Gasteiger partial charge is 0.493 e. The first kappa shape index (κ1) is 17.9. The van der Waals surface area contributed by atoms with Crippen molar-refractivity contribution in [3.8, 4) is 22.1 Å². The maximum Gasteiger partial charge on any atom is 0.226 e. The van der Waals surface area contributed by atoms with Gasteiger partial charge < -0.3 is 19.8 Å². The summed E-state index contributed by atoms with van der Waals surface area (Å²) < 4.78 is 10.6. The predicted octanol–water partition coefficient (Wildman–Crippen LogP) is 2.45. The van der Waals surface area contributed by atoms with Crippen LogP contribution in [0.1, 0.15) is 11.4 Å². The SMILES string of the molecule is COc1ccc(-c2nc(CC(=O)NCCc3cnc[nH]3)cs2)cc1OC. The van der Waals surface area contributed by atoms with Crippen LogP contribution in [-0.4, -0.2) is 41.6 Å². The van der Waals surface area contributed by atoms with Gasteiger partial charge in [0.25, 0.3) is 0 Å². The number of methoxy groups -OCH3 is 2. The average Bonchev–Trinajstić information content (AvgIpc) is 3.33. The summed E-state index contributed by atoms with van der Waals surface area (Å²) in [5.74, 6) is 1.27. The van der Waals surface area contributed by atoms with Gasteiger partial charge in [-0.05, 0) is 18.2 Å². The number of carbonyl (C=O) groups is 1. The Kier molecular flexibility index (Phi) is 5.85. The van der Waals surface area contributed by atoms with Crippen molar-refractivity contribution in [2.45, 2.75) is 12.8 Å². The van der Waals surface area contributed by atoms with Gasteiger partial charge in [0, 0.05) is 35.8 Å². The molecule has 26 heavy (non-hydrogen) atoms. The Hall–Kier alpha value is -2.87. The van der Waals surface area contributed by atoms with E-state index in [0.717, 1.165) is 28.4 Å². The van der Waals surface area contributed by atoms with E-state index in [1.165, 1.54) is 11.3 Å². The number of benzene rings is 1. The third kappa shape index (κ3) is 4.40. The van der Waals surface area contributed by atoms with Crippen molar-refractivity contribution < 1.29 is 14.3 Å². The Bertz CT molecular complexity index is 861. The standard InChI is InChI=1S/C18H20N4O3S/c1-24-15-4-3-12(7-16(15)25-2)18-22-14(10-26-18)8-17(23)20-6-5-13-9-19-11-21-13/h3-4,7,9-11H,5-6,8H2,1-2H3,(H,19,21)(H,20,23). The number of hydrogen-bond acceptors (Lipinski definition) is 6. The summed E-state index contributed by atoms with van der Waals surface area (Å²) in [5, 5.41) is 5.64. The molecule has 0 aliphatic heterocycles. The molecule has 8 heteroatoms. The highest BCUT2D eigenvalue weighted by Gasteiger charge is 2.11. The van der Waals surface area contributed by atoms with Crippen molar-refractivity contribution in [2.24, 2.45) is 0 Å². The molecule has 2 heterocycles. The molecule has 7 nitrogen and oxygen atoms in total. The second kappa shape index (κ2) is 8.48. The minimum absolute atomic E-state index is 0.0475. The van der Waals surface area contributed by atoms with Crippen molar-refractivity contribution in [1.29, 1.82) is 0 Å². The normalized spacial score (nSPS) is 10.5. The van der Waals surface area contributed by atoms with Crippen LogP contribution in [0.5, 0.6) is 11.5 Å². The molecule has 0 atom stereocenters. The number of nitrogens with zero attached hydrogens (tertiary/aromatic N) is 2. The molecule has 0 saturated carbocycles. The van der Waals surface area contributed by atoms with E-state index < -0.39 is 0 Å². The number of carbonyl (C=O) groups excluding carboxylic acids is 1. The number of imidazole rings is 1. The molecular weight excluding hydrogens is 352 g/mol. The molecule has 2 aromatic heterocycles. The molecular formula is C18H20N4O3S. The average molecular weight is 372 g/mol. The Morgan fingerprint density at radius 1 is 1.27 bits per heavy atom. The minimum Gasteiger partial charge on any atom is -0.493 e. The molecule has 0 unspecified atom stereocenters. The number of hydrogen-bond donors (Lipinski definition) is 2. The fourth-order valence-corrected chi connectivity index (χ4v) is 3.29. The fourth-order valence-electron chi connectivity index (χ4n) is 2.48. The molecule has 3 rings (SSSR count). The van der Waals surface area contributed by atoms with Gasteiger partial charge in [0.1, 0.15) is 5.01 Å². The number of aromatic nitrogens is 3. The molecule has 0 aliphatic rings. The number of rotatable bonds is 8. The lowest BCUT2D eigenvalue weighted by Gasteiger charge is -2.08. The molecule has 2 N–H and O–H groups in total. The Labute approximate surface area is 155 Å². The molecule has 0 radical (unpaired) electrons. The summed E-state index contributed by atoms with van der Waals surface area (Å²) in [6.07, 6.45) is 4.36. The van der Waals surface area contributed by atoms with Crippen LogP contribution in [0.15, 0.2) is 36.1 Å². The van der Waals surface area contributed by atoms with Crippen molar-refractivity contribution in [3.63, 3.8) is 0 Å². The monoisotopic (exact) mass is 372 g/mol. The minimum atomic E-state index is -0.0475. The second-order valence-corrected chi connectivity index (χ2v) is 6.43. The van der Waals surface area contributed by atoms with Crippen LogP contribution in [-0.2, 0) is 17.6 Å². The summed E-state index contributed by atoms with van der Waals surface area (Å²) in [5.41, 5.74) is 2.67. The van der Waals surface area contributed by atoms with Gasteiger partial charge in [-0.3, -0.25) is 4.79 Å². The molecule has 1 aromatic carbocycles. The van der Waals surface area contributed by atoms with E-state index in [1.807, 2.05) is 23.6 Å². The van der Waals surface area contributed by atoms with Gasteiger partial charge in [-0.15, -0.1) is 11.3 Å². The second-order valence-electron chi connectivity index (χ2n) is 5.57. The third-order valence-electron chi connectivity index (χ3n) is 3.80. The highest BCUT2D eigenvalue weighted by Crippen LogP contribution is 2.33. The smallest absolute Gasteiger partial charge is 0.226 e. The highest BCUT2D eigenvalue weighted by atomic mass is 32.1. The van der Waals surface area contributed by atoms with Crippen LogP contribution in [0, 0.1) is 0 Å². The number of ether oxygens (including phenoxy) is 2. The van der Waals surface area contributed by atoms with Crippen LogP contribution in [0.4, 0.5) is 0 Å². The lowest BCUT2D eigenvalue weighted by atomic mass is 10.2. The summed E-state index contributed by atoms with van der Waals surface area (Å²) in [7, 11) is 3.20. The summed E-state index contributed by atoms with van der Waals surface area (Å²) >= 11 is 1.50. The third-order valence-corrected chi connectivity index (χ3v) is 4.74. The van der Waals surface area contributed by atoms with E-state index in [9.17, 15) is 4.79 Å². The topological polar surface area (TPSA) is 89.1 Å². The van der Waals surface area contributed by atoms with Crippen LogP contribution in [0.25, 0.3) is 10.6 Å². The maximum absolute atomic E-state index is 12.1. The number of H-pyrrole nitrogens is 1. The Morgan fingerprint density at radius 2 is 2.12 bits per heavy atom. The van der Waals surface area contributed by atoms with Crippen LogP contribution >= 0.6 is 11.3 Å². The first-order valence-electron chi connectivity index (χ1n) is 8.10. The van der Waals surface area contributed by atoms with E-state index in [1.54, 1.807) is 26.7 Å². The first-order chi connectivity index (χ1) is 12.7. The van der Waals surface area contributed by atoms with E-state index in [0.29, 0.717) is 18.0 Å². The van der Waals surface area contributed by atoms with Gasteiger partial charge in [0.05, 0.1) is 32.7 Å². The molecule has 0 saturated heterocycles. The van der Waals surface area contributed by atoms with Crippen molar-refractivity contribution in [1.82, 2.24) is 20.3 Å². The van der Waals surface area contributed by atoms with E-state index >= 15 is 0 Å². The number of nitrogens with one attached hydrogen (secondary N) is 2. The van der Waals surface area contributed by atoms with Crippen LogP contribution in [0.2, 0.25) is 0 Å². The highest BCUT2D eigenvalue weighted by molar-refractivity contribution is 7.13. The van der Waals surface area contributed by atoms with Crippen molar-refractivity contribution in [2.75, 3.05) is 20.8 Å². The van der Waals surface area contributed by atoms with Gasteiger partial charge in [-0.1, -0.05) is 0 Å². The quantitative estimate of drug-likeness (QED) is 0.634. The predicted molar refractivity (Wildman–Crippen MR) is 99.7 cm³/mol. The van der Waals surface area contributed by atoms with Crippen molar-refractivity contribution >= 4 is 17.2 Å². The molecule has 3 aromatic rings. The first-order valence-corrected chi connectivity index (χ1v) is 8.98. The lowest BCUT2D eigenvalue weighted by molar-refractivity contribution is -0.120. The van der Waals surface area contributed by atoms with Crippen LogP contribution < -0.4 is 14.8 Å². The zero-order valence-corrected chi connectivity index (χ0v) is 15.4. The summed E-state index contributed by atoms with van der Waals surface area (Å²) in [4.78, 5) is 23.6. The van der Waals surface area contributed by atoms with E-state index in [4.69, 9.17) is 9.47 Å². The number of aromatic amines is 1. The zero-order valence-electron chi connectivity index (χ0n) is 14.6. The van der Waals surface area contributed by atoms with E-state index in [-0.39, 0.29) is 12.3 Å². The zero-order chi connectivity index (χ0) is 18.4. The Balaban J connectivity index is 1.58. The molecule has 136 valence electrons. The number of amides is 1. The molecule has 0 fully saturated rings. The fraction of sp³-hybridized carbons (Fsp3) is 0.278. The molecule has 0 aliphatic carbocycles. The summed E-state index contributed by atoms with van der Waals surface area (Å²) in [6.45, 7) is 0.563. The molecule has 0 spiro atoms. The van der Waals surface area contributed by atoms with Gasteiger partial charge in [-0.25, -0.2) is 9.97 Å². The van der Waals surface area contributed by atoms with Gasteiger partial charge >= 0.3 is 0 Å². The lowest BCUT2D eigenvalue weighted by Crippen LogP contribution is -2.27. The van der Waals surface area contributed by atoms with Crippen LogP contribution in [0.3, 0.4) is 0 Å². The number of thiazole rings is 1. The summed E-state index contributed by atoms with van der Waals surface area (Å²) in [6, 6.07) is 5.65. The van der Waals surface area contributed by atoms with Crippen molar-refractivity contribution in [3.05, 3.63) is 47.5 Å². The van der Waals surface area contributed by atoms with Gasteiger partial charge in [0.15, 0.2) is 11.5 Å².